The molecule has 2 saturated heterocycles. The smallest absolute Gasteiger partial charge is 0.228 e. The molecule has 2 fully saturated rings. The first-order chi connectivity index (χ1) is 12.3. The molecule has 7 heteroatoms. The zero-order chi connectivity index (χ0) is 17.1. The molecule has 0 N–H and O–H groups in total. The van der Waals surface area contributed by atoms with E-state index in [4.69, 9.17) is 4.74 Å². The second-order valence-corrected chi connectivity index (χ2v) is 6.54. The molecule has 0 saturated carbocycles. The molecule has 1 amide bonds. The van der Waals surface area contributed by atoms with Crippen LogP contribution in [0.15, 0.2) is 43.1 Å². The van der Waals surface area contributed by atoms with Crippen molar-refractivity contribution in [1.29, 1.82) is 0 Å². The van der Waals surface area contributed by atoms with Crippen LogP contribution in [0.1, 0.15) is 12.1 Å². The third-order valence-corrected chi connectivity index (χ3v) is 4.83. The molecule has 2 aliphatic rings. The SMILES string of the molecule is O=C(Cc1ccccn1)N1CCN2C[C@H](Oc3cncnc3)C[C@H]2C1. The number of piperazine rings is 1. The molecule has 25 heavy (non-hydrogen) atoms. The third-order valence-electron chi connectivity index (χ3n) is 4.83. The monoisotopic (exact) mass is 339 g/mol. The molecule has 130 valence electrons. The highest BCUT2D eigenvalue weighted by molar-refractivity contribution is 5.78. The van der Waals surface area contributed by atoms with E-state index in [0.717, 1.165) is 38.3 Å². The van der Waals surface area contributed by atoms with Crippen molar-refractivity contribution in [2.75, 3.05) is 26.2 Å². The summed E-state index contributed by atoms with van der Waals surface area (Å²) in [5.74, 6) is 0.856. The molecule has 0 spiro atoms. The number of carbonyl (C=O) groups is 1. The van der Waals surface area contributed by atoms with Crippen molar-refractivity contribution in [3.63, 3.8) is 0 Å². The number of ether oxygens (including phenoxy) is 1. The van der Waals surface area contributed by atoms with Crippen LogP contribution < -0.4 is 4.74 Å². The predicted octanol–water partition coefficient (Wildman–Crippen LogP) is 0.778. The van der Waals surface area contributed by atoms with Crippen LogP contribution in [0.3, 0.4) is 0 Å². The molecule has 4 heterocycles. The van der Waals surface area contributed by atoms with Gasteiger partial charge in [0.1, 0.15) is 12.4 Å². The van der Waals surface area contributed by atoms with E-state index in [0.29, 0.717) is 18.2 Å². The average molecular weight is 339 g/mol. The Morgan fingerprint density at radius 3 is 2.88 bits per heavy atom. The Bertz CT molecular complexity index is 712. The van der Waals surface area contributed by atoms with Gasteiger partial charge in [0, 0.05) is 50.5 Å². The van der Waals surface area contributed by atoms with Crippen LogP contribution in [0, 0.1) is 0 Å². The number of nitrogens with zero attached hydrogens (tertiary/aromatic N) is 5. The fourth-order valence-corrected chi connectivity index (χ4v) is 3.62. The summed E-state index contributed by atoms with van der Waals surface area (Å²) >= 11 is 0. The first-order valence-corrected chi connectivity index (χ1v) is 8.61. The van der Waals surface area contributed by atoms with E-state index in [9.17, 15) is 4.79 Å². The van der Waals surface area contributed by atoms with Gasteiger partial charge >= 0.3 is 0 Å². The number of pyridine rings is 1. The minimum Gasteiger partial charge on any atom is -0.486 e. The standard InChI is InChI=1S/C18H21N5O2/c24-18(7-14-3-1-2-4-21-14)23-6-5-22-12-16(8-15(22)11-23)25-17-9-19-13-20-10-17/h1-4,9-10,13,15-16H,5-8,11-12H2/t15-,16+/m0/s1. The topological polar surface area (TPSA) is 71.5 Å². The van der Waals surface area contributed by atoms with Crippen molar-refractivity contribution >= 4 is 5.91 Å². The third kappa shape index (κ3) is 3.76. The number of hydrogen-bond donors (Lipinski definition) is 0. The van der Waals surface area contributed by atoms with E-state index in [2.05, 4.69) is 19.9 Å². The maximum Gasteiger partial charge on any atom is 0.228 e. The highest BCUT2D eigenvalue weighted by atomic mass is 16.5. The molecule has 0 aromatic carbocycles. The van der Waals surface area contributed by atoms with Gasteiger partial charge in [0.25, 0.3) is 0 Å². The summed E-state index contributed by atoms with van der Waals surface area (Å²) in [6.45, 7) is 3.31. The Labute approximate surface area is 146 Å². The number of fused-ring (bicyclic) bond motifs is 1. The largest absolute Gasteiger partial charge is 0.486 e. The van der Waals surface area contributed by atoms with Crippen molar-refractivity contribution in [3.05, 3.63) is 48.8 Å². The molecular formula is C18H21N5O2. The second kappa shape index (κ2) is 7.14. The van der Waals surface area contributed by atoms with Crippen LogP contribution in [0.5, 0.6) is 5.75 Å². The van der Waals surface area contributed by atoms with Crippen LogP contribution in [0.25, 0.3) is 0 Å². The minimum absolute atomic E-state index is 0.127. The van der Waals surface area contributed by atoms with Gasteiger partial charge in [-0.25, -0.2) is 9.97 Å². The second-order valence-electron chi connectivity index (χ2n) is 6.54. The molecule has 4 rings (SSSR count). The van der Waals surface area contributed by atoms with Gasteiger partial charge < -0.3 is 9.64 Å². The summed E-state index contributed by atoms with van der Waals surface area (Å²) in [7, 11) is 0. The van der Waals surface area contributed by atoms with E-state index in [-0.39, 0.29) is 12.0 Å². The zero-order valence-corrected chi connectivity index (χ0v) is 14.0. The molecule has 2 aromatic heterocycles. The van der Waals surface area contributed by atoms with E-state index >= 15 is 0 Å². The van der Waals surface area contributed by atoms with Gasteiger partial charge in [-0.3, -0.25) is 14.7 Å². The van der Waals surface area contributed by atoms with E-state index in [1.54, 1.807) is 18.6 Å². The van der Waals surface area contributed by atoms with Crippen molar-refractivity contribution in [2.45, 2.75) is 25.0 Å². The summed E-state index contributed by atoms with van der Waals surface area (Å²) in [6.07, 6.45) is 8.02. The van der Waals surface area contributed by atoms with Crippen molar-refractivity contribution in [2.24, 2.45) is 0 Å². The van der Waals surface area contributed by atoms with Gasteiger partial charge in [0.2, 0.25) is 5.91 Å². The molecule has 2 aromatic rings. The lowest BCUT2D eigenvalue weighted by Gasteiger charge is -2.37. The lowest BCUT2D eigenvalue weighted by Crippen LogP contribution is -2.52. The molecule has 0 aliphatic carbocycles. The summed E-state index contributed by atoms with van der Waals surface area (Å²) in [6, 6.07) is 6.04. The van der Waals surface area contributed by atoms with Crippen molar-refractivity contribution in [3.8, 4) is 5.75 Å². The first kappa shape index (κ1) is 16.0. The highest BCUT2D eigenvalue weighted by Crippen LogP contribution is 2.25. The molecule has 7 nitrogen and oxygen atoms in total. The predicted molar refractivity (Wildman–Crippen MR) is 90.9 cm³/mol. The molecular weight excluding hydrogens is 318 g/mol. The van der Waals surface area contributed by atoms with Crippen LogP contribution in [0.4, 0.5) is 0 Å². The fraction of sp³-hybridized carbons (Fsp3) is 0.444. The van der Waals surface area contributed by atoms with E-state index < -0.39 is 0 Å². The van der Waals surface area contributed by atoms with Crippen molar-refractivity contribution in [1.82, 2.24) is 24.8 Å². The van der Waals surface area contributed by atoms with Gasteiger partial charge in [-0.1, -0.05) is 6.07 Å². The zero-order valence-electron chi connectivity index (χ0n) is 14.0. The molecule has 0 bridgehead atoms. The summed E-state index contributed by atoms with van der Waals surface area (Å²) in [4.78, 5) is 29.1. The quantitative estimate of drug-likeness (QED) is 0.820. The number of carbonyl (C=O) groups excluding carboxylic acids is 1. The van der Waals surface area contributed by atoms with E-state index in [1.165, 1.54) is 6.33 Å². The van der Waals surface area contributed by atoms with Gasteiger partial charge in [-0.15, -0.1) is 0 Å². The Morgan fingerprint density at radius 1 is 1.20 bits per heavy atom. The molecule has 2 aliphatic heterocycles. The number of aromatic nitrogens is 3. The first-order valence-electron chi connectivity index (χ1n) is 8.61. The molecule has 2 atom stereocenters. The average Bonchev–Trinajstić information content (AvgIpc) is 3.04. The molecule has 0 radical (unpaired) electrons. The van der Waals surface area contributed by atoms with Crippen LogP contribution in [-0.2, 0) is 11.2 Å². The Morgan fingerprint density at radius 2 is 2.08 bits per heavy atom. The lowest BCUT2D eigenvalue weighted by molar-refractivity contribution is -0.133. The Hall–Kier alpha value is -2.54. The summed E-state index contributed by atoms with van der Waals surface area (Å²) < 4.78 is 5.98. The minimum atomic E-state index is 0.127. The van der Waals surface area contributed by atoms with Gasteiger partial charge in [0.05, 0.1) is 18.8 Å². The van der Waals surface area contributed by atoms with Gasteiger partial charge in [-0.2, -0.15) is 0 Å². The Balaban J connectivity index is 1.33. The lowest BCUT2D eigenvalue weighted by atomic mass is 10.1. The maximum absolute atomic E-state index is 12.5. The summed E-state index contributed by atoms with van der Waals surface area (Å²) in [5, 5.41) is 0. The van der Waals surface area contributed by atoms with Crippen LogP contribution in [-0.4, -0.2) is 69.0 Å². The Kier molecular flexibility index (Phi) is 4.56. The summed E-state index contributed by atoms with van der Waals surface area (Å²) in [5.41, 5.74) is 0.826. The van der Waals surface area contributed by atoms with Gasteiger partial charge in [0.15, 0.2) is 5.75 Å². The number of hydrogen-bond acceptors (Lipinski definition) is 6. The maximum atomic E-state index is 12.5. The highest BCUT2D eigenvalue weighted by Gasteiger charge is 2.38. The normalized spacial score (nSPS) is 23.3. The van der Waals surface area contributed by atoms with Gasteiger partial charge in [-0.05, 0) is 12.1 Å². The number of rotatable bonds is 4. The van der Waals surface area contributed by atoms with Crippen LogP contribution >= 0.6 is 0 Å². The molecule has 0 unspecified atom stereocenters. The number of amides is 1. The fourth-order valence-electron chi connectivity index (χ4n) is 3.62. The van der Waals surface area contributed by atoms with Crippen LogP contribution in [0.2, 0.25) is 0 Å². The van der Waals surface area contributed by atoms with Crippen molar-refractivity contribution < 1.29 is 9.53 Å². The van der Waals surface area contributed by atoms with E-state index in [1.807, 2.05) is 23.1 Å².